The summed E-state index contributed by atoms with van der Waals surface area (Å²) < 4.78 is 3.09. The van der Waals surface area contributed by atoms with Gasteiger partial charge in [0.2, 0.25) is 0 Å². The Morgan fingerprint density at radius 3 is 2.67 bits per heavy atom. The first-order valence-corrected chi connectivity index (χ1v) is 7.14. The fraction of sp³-hybridized carbons (Fsp3) is 0.357. The van der Waals surface area contributed by atoms with E-state index in [9.17, 15) is 0 Å². The molecule has 4 heteroatoms. The molecule has 0 atom stereocenters. The molecule has 18 heavy (non-hydrogen) atoms. The molecule has 1 saturated carbocycles. The lowest BCUT2D eigenvalue weighted by Gasteiger charge is -2.08. The number of aromatic nitrogens is 2. The van der Waals surface area contributed by atoms with Crippen LogP contribution < -0.4 is 5.73 Å². The van der Waals surface area contributed by atoms with Gasteiger partial charge in [-0.25, -0.2) is 0 Å². The third-order valence-corrected chi connectivity index (χ3v) is 4.28. The Morgan fingerprint density at radius 2 is 1.94 bits per heavy atom. The summed E-state index contributed by atoms with van der Waals surface area (Å²) in [5.41, 5.74) is 8.81. The van der Waals surface area contributed by atoms with Crippen LogP contribution in [0.4, 0.5) is 5.69 Å². The van der Waals surface area contributed by atoms with Crippen LogP contribution in [-0.4, -0.2) is 9.78 Å². The van der Waals surface area contributed by atoms with Crippen LogP contribution in [0.15, 0.2) is 34.9 Å². The Labute approximate surface area is 115 Å². The van der Waals surface area contributed by atoms with E-state index < -0.39 is 0 Å². The highest BCUT2D eigenvalue weighted by atomic mass is 79.9. The summed E-state index contributed by atoms with van der Waals surface area (Å²) in [4.78, 5) is 0. The summed E-state index contributed by atoms with van der Waals surface area (Å²) in [7, 11) is 0. The first-order chi connectivity index (χ1) is 8.75. The molecule has 3 nitrogen and oxygen atoms in total. The van der Waals surface area contributed by atoms with Gasteiger partial charge in [0.15, 0.2) is 0 Å². The first-order valence-electron chi connectivity index (χ1n) is 6.35. The van der Waals surface area contributed by atoms with Crippen LogP contribution in [-0.2, 0) is 0 Å². The highest BCUT2D eigenvalue weighted by Gasteiger charge is 2.20. The van der Waals surface area contributed by atoms with Crippen molar-refractivity contribution in [3.63, 3.8) is 0 Å². The fourth-order valence-electron chi connectivity index (χ4n) is 2.62. The zero-order chi connectivity index (χ0) is 12.5. The van der Waals surface area contributed by atoms with Gasteiger partial charge in [0.05, 0.1) is 11.7 Å². The van der Waals surface area contributed by atoms with Crippen molar-refractivity contribution >= 4 is 21.6 Å². The summed E-state index contributed by atoms with van der Waals surface area (Å²) in [5.74, 6) is 0. The van der Waals surface area contributed by atoms with Gasteiger partial charge in [-0.3, -0.25) is 4.68 Å². The van der Waals surface area contributed by atoms with Gasteiger partial charge in [0.1, 0.15) is 5.69 Å². The quantitative estimate of drug-likeness (QED) is 0.911. The van der Waals surface area contributed by atoms with Crippen molar-refractivity contribution in [2.75, 3.05) is 5.73 Å². The molecule has 3 rings (SSSR count). The van der Waals surface area contributed by atoms with Crippen molar-refractivity contribution < 1.29 is 0 Å². The van der Waals surface area contributed by atoms with Gasteiger partial charge in [-0.2, -0.15) is 5.10 Å². The molecule has 0 bridgehead atoms. The molecule has 0 unspecified atom stereocenters. The van der Waals surface area contributed by atoms with E-state index in [1.54, 1.807) is 0 Å². The normalized spacial score (nSPS) is 16.3. The second kappa shape index (κ2) is 4.76. The predicted molar refractivity (Wildman–Crippen MR) is 77.3 cm³/mol. The SMILES string of the molecule is Nc1cn(C2CCCC2)nc1-c1ccccc1Br. The van der Waals surface area contributed by atoms with Crippen molar-refractivity contribution in [3.05, 3.63) is 34.9 Å². The lowest BCUT2D eigenvalue weighted by molar-refractivity contribution is 0.468. The van der Waals surface area contributed by atoms with Crippen molar-refractivity contribution in [3.8, 4) is 11.3 Å². The number of hydrogen-bond acceptors (Lipinski definition) is 2. The Hall–Kier alpha value is -1.29. The van der Waals surface area contributed by atoms with E-state index in [1.807, 2.05) is 30.5 Å². The van der Waals surface area contributed by atoms with Gasteiger partial charge in [-0.1, -0.05) is 47.0 Å². The molecule has 1 aliphatic rings. The number of rotatable bonds is 2. The molecule has 2 aromatic rings. The highest BCUT2D eigenvalue weighted by Crippen LogP contribution is 2.34. The number of benzene rings is 1. The van der Waals surface area contributed by atoms with E-state index in [1.165, 1.54) is 25.7 Å². The third kappa shape index (κ3) is 2.05. The smallest absolute Gasteiger partial charge is 0.116 e. The molecule has 1 heterocycles. The van der Waals surface area contributed by atoms with E-state index in [4.69, 9.17) is 5.73 Å². The Kier molecular flexibility index (Phi) is 3.12. The zero-order valence-corrected chi connectivity index (χ0v) is 11.7. The summed E-state index contributed by atoms with van der Waals surface area (Å²) >= 11 is 3.56. The van der Waals surface area contributed by atoms with Gasteiger partial charge >= 0.3 is 0 Å². The van der Waals surface area contributed by atoms with Gasteiger partial charge in [0.25, 0.3) is 0 Å². The van der Waals surface area contributed by atoms with E-state index >= 15 is 0 Å². The minimum Gasteiger partial charge on any atom is -0.396 e. The van der Waals surface area contributed by atoms with Gasteiger partial charge in [-0.05, 0) is 18.9 Å². The van der Waals surface area contributed by atoms with Crippen molar-refractivity contribution in [1.29, 1.82) is 0 Å². The summed E-state index contributed by atoms with van der Waals surface area (Å²) in [6, 6.07) is 8.60. The Balaban J connectivity index is 2.00. The molecule has 1 aliphatic carbocycles. The number of nitrogens with zero attached hydrogens (tertiary/aromatic N) is 2. The molecule has 1 aromatic heterocycles. The fourth-order valence-corrected chi connectivity index (χ4v) is 3.10. The van der Waals surface area contributed by atoms with Crippen LogP contribution in [0, 0.1) is 0 Å². The van der Waals surface area contributed by atoms with E-state index in [2.05, 4.69) is 25.7 Å². The van der Waals surface area contributed by atoms with Crippen LogP contribution in [0.2, 0.25) is 0 Å². The van der Waals surface area contributed by atoms with Gasteiger partial charge < -0.3 is 5.73 Å². The van der Waals surface area contributed by atoms with E-state index in [0.29, 0.717) is 6.04 Å². The monoisotopic (exact) mass is 305 g/mol. The van der Waals surface area contributed by atoms with E-state index in [0.717, 1.165) is 21.4 Å². The predicted octanol–water partition coefficient (Wildman–Crippen LogP) is 4.01. The maximum atomic E-state index is 6.11. The minimum absolute atomic E-state index is 0.531. The van der Waals surface area contributed by atoms with Gasteiger partial charge in [-0.15, -0.1) is 0 Å². The van der Waals surface area contributed by atoms with Crippen LogP contribution in [0.5, 0.6) is 0 Å². The number of hydrogen-bond donors (Lipinski definition) is 1. The standard InChI is InChI=1S/C14H16BrN3/c15-12-8-4-3-7-11(12)14-13(16)9-18(17-14)10-5-1-2-6-10/h3-4,7-10H,1-2,5-6,16H2. The minimum atomic E-state index is 0.531. The molecule has 0 aliphatic heterocycles. The molecule has 1 fully saturated rings. The molecule has 0 amide bonds. The molecular weight excluding hydrogens is 290 g/mol. The van der Waals surface area contributed by atoms with Crippen molar-refractivity contribution in [2.45, 2.75) is 31.7 Å². The van der Waals surface area contributed by atoms with E-state index in [-0.39, 0.29) is 0 Å². The zero-order valence-electron chi connectivity index (χ0n) is 10.1. The second-order valence-corrected chi connectivity index (χ2v) is 5.69. The van der Waals surface area contributed by atoms with Gasteiger partial charge in [0, 0.05) is 16.2 Å². The molecule has 94 valence electrons. The second-order valence-electron chi connectivity index (χ2n) is 4.83. The first kappa shape index (κ1) is 11.8. The lowest BCUT2D eigenvalue weighted by atomic mass is 10.1. The third-order valence-electron chi connectivity index (χ3n) is 3.59. The molecular formula is C14H16BrN3. The molecule has 0 saturated heterocycles. The summed E-state index contributed by atoms with van der Waals surface area (Å²) in [6.45, 7) is 0. The lowest BCUT2D eigenvalue weighted by Crippen LogP contribution is -2.04. The molecule has 1 aromatic carbocycles. The maximum Gasteiger partial charge on any atom is 0.116 e. The highest BCUT2D eigenvalue weighted by molar-refractivity contribution is 9.10. The van der Waals surface area contributed by atoms with Crippen LogP contribution >= 0.6 is 15.9 Å². The van der Waals surface area contributed by atoms with Crippen molar-refractivity contribution in [2.24, 2.45) is 0 Å². The van der Waals surface area contributed by atoms with Crippen molar-refractivity contribution in [1.82, 2.24) is 9.78 Å². The average molecular weight is 306 g/mol. The topological polar surface area (TPSA) is 43.8 Å². The molecule has 0 spiro atoms. The summed E-state index contributed by atoms with van der Waals surface area (Å²) in [5, 5.41) is 4.68. The average Bonchev–Trinajstić information content (AvgIpc) is 2.99. The maximum absolute atomic E-state index is 6.11. The molecule has 2 N–H and O–H groups in total. The van der Waals surface area contributed by atoms with Crippen LogP contribution in [0.1, 0.15) is 31.7 Å². The van der Waals surface area contributed by atoms with Crippen LogP contribution in [0.25, 0.3) is 11.3 Å². The number of nitrogen functional groups attached to an aromatic ring is 1. The Morgan fingerprint density at radius 1 is 1.22 bits per heavy atom. The number of nitrogens with two attached hydrogens (primary N) is 1. The number of halogens is 1. The summed E-state index contributed by atoms with van der Waals surface area (Å²) in [6.07, 6.45) is 7.02. The Bertz CT molecular complexity index is 556. The largest absolute Gasteiger partial charge is 0.396 e. The van der Waals surface area contributed by atoms with Crippen LogP contribution in [0.3, 0.4) is 0 Å². The molecule has 0 radical (unpaired) electrons. The number of anilines is 1.